The molecule has 2 aliphatic carbocycles. The minimum absolute atomic E-state index is 0.0582. The van der Waals surface area contributed by atoms with Gasteiger partial charge in [-0.2, -0.15) is 0 Å². The number of nitrogens with zero attached hydrogens (tertiary/aromatic N) is 1. The normalized spacial score (nSPS) is 24.3. The van der Waals surface area contributed by atoms with Gasteiger partial charge in [0.15, 0.2) is 0 Å². The van der Waals surface area contributed by atoms with Gasteiger partial charge in [-0.25, -0.2) is 9.69 Å². The number of benzene rings is 3. The molecule has 0 spiro atoms. The highest BCUT2D eigenvalue weighted by atomic mass is 35.5. The Kier molecular flexibility index (Phi) is 4.97. The van der Waals surface area contributed by atoms with Crippen LogP contribution in [0.15, 0.2) is 96.6 Å². The zero-order chi connectivity index (χ0) is 24.3. The number of imide groups is 1. The molecule has 2 amide bonds. The summed E-state index contributed by atoms with van der Waals surface area (Å²) in [6.07, 6.45) is 4.10. The third-order valence-corrected chi connectivity index (χ3v) is 7.60. The van der Waals surface area contributed by atoms with Crippen LogP contribution in [0.1, 0.15) is 21.5 Å². The molecule has 4 atom stereocenters. The molecule has 3 aliphatic rings. The van der Waals surface area contributed by atoms with Crippen molar-refractivity contribution in [2.45, 2.75) is 0 Å². The van der Waals surface area contributed by atoms with Gasteiger partial charge >= 0.3 is 5.97 Å². The summed E-state index contributed by atoms with van der Waals surface area (Å²) in [5, 5.41) is 9.50. The summed E-state index contributed by atoms with van der Waals surface area (Å²) in [4.78, 5) is 40.0. The highest BCUT2D eigenvalue weighted by Crippen LogP contribution is 2.58. The van der Waals surface area contributed by atoms with Crippen LogP contribution >= 0.6 is 11.6 Å². The summed E-state index contributed by atoms with van der Waals surface area (Å²) in [5.74, 6) is -3.24. The lowest BCUT2D eigenvalue weighted by atomic mass is 9.85. The zero-order valence-electron chi connectivity index (χ0n) is 18.5. The number of hydrogen-bond acceptors (Lipinski definition) is 3. The van der Waals surface area contributed by atoms with Crippen LogP contribution in [0, 0.1) is 23.7 Å². The van der Waals surface area contributed by atoms with Gasteiger partial charge < -0.3 is 5.11 Å². The Bertz CT molecular complexity index is 1370. The predicted octanol–water partition coefficient (Wildman–Crippen LogP) is 5.46. The number of allylic oxidation sites excluding steroid dienone is 3. The number of carboxylic acid groups (broad SMARTS) is 1. The summed E-state index contributed by atoms with van der Waals surface area (Å²) < 4.78 is 0. The van der Waals surface area contributed by atoms with Gasteiger partial charge in [-0.05, 0) is 40.5 Å². The van der Waals surface area contributed by atoms with E-state index in [9.17, 15) is 19.5 Å². The van der Waals surface area contributed by atoms with Crippen LogP contribution < -0.4 is 4.90 Å². The number of fused-ring (bicyclic) bond motifs is 5. The smallest absolute Gasteiger partial charge is 0.337 e. The van der Waals surface area contributed by atoms with Gasteiger partial charge in [0.05, 0.1) is 28.1 Å². The largest absolute Gasteiger partial charge is 0.478 e. The topological polar surface area (TPSA) is 74.7 Å². The highest BCUT2D eigenvalue weighted by molar-refractivity contribution is 6.34. The second-order valence-corrected chi connectivity index (χ2v) is 9.44. The van der Waals surface area contributed by atoms with Crippen molar-refractivity contribution >= 4 is 40.6 Å². The summed E-state index contributed by atoms with van der Waals surface area (Å²) in [5.41, 5.74) is 4.36. The minimum atomic E-state index is -1.21. The Morgan fingerprint density at radius 3 is 1.77 bits per heavy atom. The Morgan fingerprint density at radius 1 is 0.771 bits per heavy atom. The maximum absolute atomic E-state index is 13.7. The Hall–Kier alpha value is -3.96. The first-order chi connectivity index (χ1) is 17.0. The molecule has 172 valence electrons. The number of rotatable bonds is 4. The van der Waals surface area contributed by atoms with Crippen molar-refractivity contribution < 1.29 is 19.5 Å². The van der Waals surface area contributed by atoms with Crippen molar-refractivity contribution in [3.63, 3.8) is 0 Å². The van der Waals surface area contributed by atoms with Crippen LogP contribution in [0.2, 0.25) is 5.02 Å². The van der Waals surface area contributed by atoms with Crippen molar-refractivity contribution in [1.29, 1.82) is 0 Å². The molecule has 2 fully saturated rings. The van der Waals surface area contributed by atoms with Crippen molar-refractivity contribution in [2.24, 2.45) is 23.7 Å². The molecule has 3 aromatic carbocycles. The summed E-state index contributed by atoms with van der Waals surface area (Å²) in [6, 6.07) is 24.3. The Morgan fingerprint density at radius 2 is 1.29 bits per heavy atom. The fraction of sp³-hybridized carbons (Fsp3) is 0.138. The quantitative estimate of drug-likeness (QED) is 0.396. The van der Waals surface area contributed by atoms with Gasteiger partial charge in [0.1, 0.15) is 0 Å². The van der Waals surface area contributed by atoms with E-state index in [0.29, 0.717) is 0 Å². The summed E-state index contributed by atoms with van der Waals surface area (Å²) >= 11 is 6.01. The average molecular weight is 482 g/mol. The number of amides is 2. The number of aromatic carboxylic acids is 1. The molecule has 0 radical (unpaired) electrons. The van der Waals surface area contributed by atoms with E-state index in [-0.39, 0.29) is 39.9 Å². The predicted molar refractivity (Wildman–Crippen MR) is 133 cm³/mol. The van der Waals surface area contributed by atoms with Gasteiger partial charge in [0.2, 0.25) is 11.8 Å². The fourth-order valence-electron chi connectivity index (χ4n) is 5.88. The van der Waals surface area contributed by atoms with E-state index in [1.165, 1.54) is 18.2 Å². The maximum Gasteiger partial charge on any atom is 0.337 e. The third kappa shape index (κ3) is 3.19. The molecule has 1 heterocycles. The first-order valence-corrected chi connectivity index (χ1v) is 11.8. The Balaban J connectivity index is 1.46. The molecule has 5 nitrogen and oxygen atoms in total. The van der Waals surface area contributed by atoms with E-state index in [0.717, 1.165) is 27.2 Å². The second kappa shape index (κ2) is 8.07. The maximum atomic E-state index is 13.7. The molecule has 3 aromatic rings. The lowest BCUT2D eigenvalue weighted by Gasteiger charge is -2.22. The highest BCUT2D eigenvalue weighted by Gasteiger charge is 2.62. The van der Waals surface area contributed by atoms with Crippen molar-refractivity contribution in [3.05, 3.63) is 118 Å². The van der Waals surface area contributed by atoms with Crippen LogP contribution in [-0.2, 0) is 9.59 Å². The zero-order valence-corrected chi connectivity index (χ0v) is 19.2. The number of halogens is 1. The van der Waals surface area contributed by atoms with Crippen molar-refractivity contribution in [1.82, 2.24) is 0 Å². The van der Waals surface area contributed by atoms with Gasteiger partial charge in [0.25, 0.3) is 0 Å². The molecule has 1 saturated heterocycles. The van der Waals surface area contributed by atoms with Gasteiger partial charge in [-0.15, -0.1) is 0 Å². The number of carbonyl (C=O) groups is 3. The monoisotopic (exact) mass is 481 g/mol. The van der Waals surface area contributed by atoms with Crippen LogP contribution in [0.3, 0.4) is 0 Å². The van der Waals surface area contributed by atoms with E-state index in [1.807, 2.05) is 48.6 Å². The van der Waals surface area contributed by atoms with Crippen LogP contribution in [-0.4, -0.2) is 22.9 Å². The van der Waals surface area contributed by atoms with Crippen LogP contribution in [0.5, 0.6) is 0 Å². The molecule has 1 saturated carbocycles. The average Bonchev–Trinajstić information content (AvgIpc) is 3.50. The number of carbonyl (C=O) groups excluding carboxylic acids is 2. The Labute approximate surface area is 207 Å². The minimum Gasteiger partial charge on any atom is -0.478 e. The van der Waals surface area contributed by atoms with E-state index < -0.39 is 17.8 Å². The summed E-state index contributed by atoms with van der Waals surface area (Å²) in [7, 11) is 0. The van der Waals surface area contributed by atoms with Crippen molar-refractivity contribution in [3.8, 4) is 0 Å². The first kappa shape index (κ1) is 21.6. The van der Waals surface area contributed by atoms with E-state index in [2.05, 4.69) is 24.3 Å². The molecule has 1 aliphatic heterocycles. The van der Waals surface area contributed by atoms with E-state index in [1.54, 1.807) is 0 Å². The molecule has 0 aromatic heterocycles. The molecule has 2 bridgehead atoms. The molecule has 4 unspecified atom stereocenters. The molecular formula is C29H20ClNO4. The van der Waals surface area contributed by atoms with Gasteiger partial charge in [0, 0.05) is 11.8 Å². The summed E-state index contributed by atoms with van der Waals surface area (Å²) in [6.45, 7) is 0. The fourth-order valence-corrected chi connectivity index (χ4v) is 6.08. The van der Waals surface area contributed by atoms with Crippen LogP contribution in [0.25, 0.3) is 5.57 Å². The molecule has 1 N–H and O–H groups in total. The number of carboxylic acids is 1. The SMILES string of the molecule is O=C(O)c1cc(N2C(=O)C3C4C=CC(C4=C(c4ccccc4)c4ccccc4)C3C2=O)ccc1Cl. The molecule has 6 rings (SSSR count). The van der Waals surface area contributed by atoms with Crippen molar-refractivity contribution in [2.75, 3.05) is 4.90 Å². The molecule has 6 heteroatoms. The third-order valence-electron chi connectivity index (χ3n) is 7.27. The standard InChI is InChI=1S/C29H20ClNO4/c30-22-14-11-18(15-21(22)29(34)35)31-27(32)25-19-12-13-20(26(25)28(31)33)24(19)23(16-7-3-1-4-8-16)17-9-5-2-6-10-17/h1-15,19-20,25-26H,(H,34,35). The van der Waals surface area contributed by atoms with Crippen LogP contribution in [0.4, 0.5) is 5.69 Å². The van der Waals surface area contributed by atoms with E-state index >= 15 is 0 Å². The van der Waals surface area contributed by atoms with Gasteiger partial charge in [-0.3, -0.25) is 9.59 Å². The second-order valence-electron chi connectivity index (χ2n) is 9.03. The van der Waals surface area contributed by atoms with E-state index in [4.69, 9.17) is 11.6 Å². The number of anilines is 1. The first-order valence-electron chi connectivity index (χ1n) is 11.4. The number of hydrogen-bond donors (Lipinski definition) is 1. The molecule has 35 heavy (non-hydrogen) atoms. The van der Waals surface area contributed by atoms with Gasteiger partial charge in [-0.1, -0.05) is 84.4 Å². The lowest BCUT2D eigenvalue weighted by molar-refractivity contribution is -0.122. The molecular weight excluding hydrogens is 462 g/mol. The lowest BCUT2D eigenvalue weighted by Crippen LogP contribution is -2.33.